The molecule has 1 saturated heterocycles. The highest BCUT2D eigenvalue weighted by molar-refractivity contribution is 7.81. The molecule has 3 heteroatoms. The van der Waals surface area contributed by atoms with E-state index in [1.54, 1.807) is 0 Å². The van der Waals surface area contributed by atoms with E-state index >= 15 is 0 Å². The highest BCUT2D eigenvalue weighted by Crippen LogP contribution is 2.14. The maximum Gasteiger partial charge on any atom is 0.225 e. The van der Waals surface area contributed by atoms with Crippen LogP contribution >= 0.6 is 12.6 Å². The number of thiol groups is 1. The van der Waals surface area contributed by atoms with Gasteiger partial charge in [0.15, 0.2) is 0 Å². The Kier molecular flexibility index (Phi) is 1.29. The molecule has 1 aliphatic heterocycles. The largest absolute Gasteiger partial charge is 0.340 e. The first-order valence-electron chi connectivity index (χ1n) is 2.35. The molecule has 0 aliphatic carbocycles. The maximum atomic E-state index is 10.4. The monoisotopic (exact) mass is 129 g/mol. The van der Waals surface area contributed by atoms with Crippen LogP contribution in [0, 0.1) is 0 Å². The quantitative estimate of drug-likeness (QED) is 0.358. The standard InChI is InChI=1S/C5H7NOS/c1-3-2-4(7)6-5(3)8/h5,8H,1-2H2,(H,6,7). The summed E-state index contributed by atoms with van der Waals surface area (Å²) < 4.78 is 0. The van der Waals surface area contributed by atoms with Gasteiger partial charge in [0.1, 0.15) is 0 Å². The van der Waals surface area contributed by atoms with Crippen LogP contribution in [0.5, 0.6) is 0 Å². The Morgan fingerprint density at radius 3 is 2.62 bits per heavy atom. The molecule has 1 fully saturated rings. The molecule has 0 bridgehead atoms. The lowest BCUT2D eigenvalue weighted by Crippen LogP contribution is -2.20. The Balaban J connectivity index is 2.64. The number of hydrogen-bond donors (Lipinski definition) is 2. The van der Waals surface area contributed by atoms with Gasteiger partial charge in [-0.2, -0.15) is 12.6 Å². The summed E-state index contributed by atoms with van der Waals surface area (Å²) in [6.45, 7) is 3.63. The predicted octanol–water partition coefficient (Wildman–Crippen LogP) is 0.318. The van der Waals surface area contributed by atoms with E-state index in [1.165, 1.54) is 0 Å². The van der Waals surface area contributed by atoms with Gasteiger partial charge in [-0.1, -0.05) is 6.58 Å². The number of hydrogen-bond acceptors (Lipinski definition) is 2. The van der Waals surface area contributed by atoms with E-state index < -0.39 is 0 Å². The van der Waals surface area contributed by atoms with E-state index in [4.69, 9.17) is 0 Å². The average Bonchev–Trinajstić information content (AvgIpc) is 1.85. The fourth-order valence-electron chi connectivity index (χ4n) is 0.608. The Morgan fingerprint density at radius 2 is 2.50 bits per heavy atom. The van der Waals surface area contributed by atoms with Crippen LogP contribution < -0.4 is 5.32 Å². The van der Waals surface area contributed by atoms with E-state index in [1.807, 2.05) is 0 Å². The van der Waals surface area contributed by atoms with Crippen molar-refractivity contribution in [2.45, 2.75) is 11.8 Å². The van der Waals surface area contributed by atoms with Crippen molar-refractivity contribution in [1.82, 2.24) is 5.32 Å². The molecule has 0 aromatic rings. The Morgan fingerprint density at radius 1 is 1.88 bits per heavy atom. The summed E-state index contributed by atoms with van der Waals surface area (Å²) in [4.78, 5) is 10.4. The molecule has 2 nitrogen and oxygen atoms in total. The van der Waals surface area contributed by atoms with Gasteiger partial charge in [0.25, 0.3) is 0 Å². The van der Waals surface area contributed by atoms with Crippen LogP contribution in [0.3, 0.4) is 0 Å². The van der Waals surface area contributed by atoms with Crippen LogP contribution in [0.4, 0.5) is 0 Å². The minimum atomic E-state index is -0.109. The molecule has 1 amide bonds. The van der Waals surface area contributed by atoms with Crippen molar-refractivity contribution in [2.24, 2.45) is 0 Å². The zero-order valence-corrected chi connectivity index (χ0v) is 5.24. The zero-order valence-electron chi connectivity index (χ0n) is 4.35. The number of carbonyl (C=O) groups excluding carboxylic acids is 1. The molecule has 1 rings (SSSR count). The summed E-state index contributed by atoms with van der Waals surface area (Å²) >= 11 is 4.02. The van der Waals surface area contributed by atoms with Gasteiger partial charge < -0.3 is 5.32 Å². The molecule has 0 aromatic heterocycles. The van der Waals surface area contributed by atoms with E-state index in [0.29, 0.717) is 6.42 Å². The fourth-order valence-corrected chi connectivity index (χ4v) is 0.844. The van der Waals surface area contributed by atoms with Crippen LogP contribution in [-0.4, -0.2) is 11.3 Å². The van der Waals surface area contributed by atoms with Crippen LogP contribution in [0.25, 0.3) is 0 Å². The smallest absolute Gasteiger partial charge is 0.225 e. The summed E-state index contributed by atoms with van der Waals surface area (Å²) in [7, 11) is 0. The fraction of sp³-hybridized carbons (Fsp3) is 0.400. The second-order valence-electron chi connectivity index (χ2n) is 1.81. The number of amides is 1. The van der Waals surface area contributed by atoms with E-state index in [2.05, 4.69) is 24.5 Å². The lowest BCUT2D eigenvalue weighted by atomic mass is 10.3. The Hall–Kier alpha value is -0.440. The van der Waals surface area contributed by atoms with Crippen molar-refractivity contribution in [3.63, 3.8) is 0 Å². The second kappa shape index (κ2) is 1.82. The molecule has 1 atom stereocenters. The van der Waals surface area contributed by atoms with Gasteiger partial charge in [-0.3, -0.25) is 4.79 Å². The molecule has 0 spiro atoms. The van der Waals surface area contributed by atoms with Gasteiger partial charge in [-0.15, -0.1) is 0 Å². The third kappa shape index (κ3) is 0.865. The normalized spacial score (nSPS) is 28.4. The summed E-state index contributed by atoms with van der Waals surface area (Å²) in [5.41, 5.74) is 0.860. The zero-order chi connectivity index (χ0) is 6.15. The molecule has 1 heterocycles. The van der Waals surface area contributed by atoms with E-state index in [-0.39, 0.29) is 11.3 Å². The first-order valence-corrected chi connectivity index (χ1v) is 2.87. The molecular formula is C5H7NOS. The van der Waals surface area contributed by atoms with Gasteiger partial charge >= 0.3 is 0 Å². The SMILES string of the molecule is C=C1CC(=O)NC1S. The van der Waals surface area contributed by atoms with Crippen LogP contribution in [-0.2, 0) is 4.79 Å². The van der Waals surface area contributed by atoms with E-state index in [0.717, 1.165) is 5.57 Å². The van der Waals surface area contributed by atoms with Crippen LogP contribution in [0.2, 0.25) is 0 Å². The van der Waals surface area contributed by atoms with Crippen molar-refractivity contribution in [1.29, 1.82) is 0 Å². The minimum absolute atomic E-state index is 0.0231. The molecule has 1 N–H and O–H groups in total. The maximum absolute atomic E-state index is 10.4. The summed E-state index contributed by atoms with van der Waals surface area (Å²) in [6.07, 6.45) is 0.439. The Bertz CT molecular complexity index is 143. The highest BCUT2D eigenvalue weighted by Gasteiger charge is 2.20. The first-order chi connectivity index (χ1) is 3.70. The van der Waals surface area contributed by atoms with Crippen molar-refractivity contribution in [3.8, 4) is 0 Å². The number of rotatable bonds is 0. The molecule has 1 aliphatic rings. The molecule has 1 unspecified atom stereocenters. The third-order valence-corrected chi connectivity index (χ3v) is 1.57. The predicted molar refractivity (Wildman–Crippen MR) is 34.7 cm³/mol. The van der Waals surface area contributed by atoms with Crippen molar-refractivity contribution in [3.05, 3.63) is 12.2 Å². The third-order valence-electron chi connectivity index (χ3n) is 1.07. The minimum Gasteiger partial charge on any atom is -0.340 e. The molecular weight excluding hydrogens is 122 g/mol. The lowest BCUT2D eigenvalue weighted by Gasteiger charge is -1.97. The average molecular weight is 129 g/mol. The lowest BCUT2D eigenvalue weighted by molar-refractivity contribution is -0.118. The summed E-state index contributed by atoms with van der Waals surface area (Å²) in [5, 5.41) is 2.48. The van der Waals surface area contributed by atoms with Gasteiger partial charge in [0, 0.05) is 0 Å². The summed E-state index contributed by atoms with van der Waals surface area (Å²) in [6, 6.07) is 0. The number of carbonyl (C=O) groups is 1. The van der Waals surface area contributed by atoms with Crippen LogP contribution in [0.1, 0.15) is 6.42 Å². The molecule has 0 radical (unpaired) electrons. The van der Waals surface area contributed by atoms with Gasteiger partial charge in [0.05, 0.1) is 11.8 Å². The van der Waals surface area contributed by atoms with Gasteiger partial charge in [-0.25, -0.2) is 0 Å². The van der Waals surface area contributed by atoms with Gasteiger partial charge in [-0.05, 0) is 5.57 Å². The molecule has 44 valence electrons. The van der Waals surface area contributed by atoms with Crippen molar-refractivity contribution in [2.75, 3.05) is 0 Å². The molecule has 0 saturated carbocycles. The molecule has 8 heavy (non-hydrogen) atoms. The second-order valence-corrected chi connectivity index (χ2v) is 2.32. The number of nitrogens with one attached hydrogen (secondary N) is 1. The topological polar surface area (TPSA) is 29.1 Å². The van der Waals surface area contributed by atoms with Crippen molar-refractivity contribution >= 4 is 18.5 Å². The molecule has 0 aromatic carbocycles. The first kappa shape index (κ1) is 5.69. The Labute approximate surface area is 53.4 Å². The highest BCUT2D eigenvalue weighted by atomic mass is 32.1. The van der Waals surface area contributed by atoms with Gasteiger partial charge in [0.2, 0.25) is 5.91 Å². The van der Waals surface area contributed by atoms with Crippen LogP contribution in [0.15, 0.2) is 12.2 Å². The van der Waals surface area contributed by atoms with E-state index in [9.17, 15) is 4.79 Å². The summed E-state index contributed by atoms with van der Waals surface area (Å²) in [5.74, 6) is 0.0231. The van der Waals surface area contributed by atoms with Crippen molar-refractivity contribution < 1.29 is 4.79 Å².